The summed E-state index contributed by atoms with van der Waals surface area (Å²) < 4.78 is 25.3. The van der Waals surface area contributed by atoms with Gasteiger partial charge in [-0.15, -0.1) is 0 Å². The van der Waals surface area contributed by atoms with Crippen molar-refractivity contribution < 1.29 is 8.42 Å². The molecule has 0 aliphatic carbocycles. The smallest absolute Gasteiger partial charge is 0.206 e. The summed E-state index contributed by atoms with van der Waals surface area (Å²) >= 11 is 0. The van der Waals surface area contributed by atoms with Crippen molar-refractivity contribution in [1.82, 2.24) is 10.2 Å². The zero-order valence-electron chi connectivity index (χ0n) is 14.7. The normalized spacial score (nSPS) is 14.5. The van der Waals surface area contributed by atoms with Gasteiger partial charge in [-0.05, 0) is 57.4 Å². The SMILES string of the molecule is CCN[C@H](C)[C@@H](c1ccc(S(=O)(=O)c2ccccc2)cc1)N(C)C. The molecule has 0 spiro atoms. The Kier molecular flexibility index (Phi) is 6.15. The number of benzene rings is 2. The first-order valence-corrected chi connectivity index (χ1v) is 9.66. The Bertz CT molecular complexity index is 741. The fraction of sp³-hybridized carbons (Fsp3) is 0.368. The molecule has 24 heavy (non-hydrogen) atoms. The van der Waals surface area contributed by atoms with Gasteiger partial charge in [0.25, 0.3) is 0 Å². The Morgan fingerprint density at radius 1 is 0.958 bits per heavy atom. The van der Waals surface area contributed by atoms with E-state index in [1.54, 1.807) is 36.4 Å². The molecule has 0 aromatic heterocycles. The Morgan fingerprint density at radius 2 is 1.50 bits per heavy atom. The van der Waals surface area contributed by atoms with E-state index in [2.05, 4.69) is 24.1 Å². The van der Waals surface area contributed by atoms with Crippen LogP contribution < -0.4 is 5.32 Å². The van der Waals surface area contributed by atoms with Crippen LogP contribution in [0.4, 0.5) is 0 Å². The van der Waals surface area contributed by atoms with Crippen molar-refractivity contribution in [2.75, 3.05) is 20.6 Å². The predicted octanol–water partition coefficient (Wildman–Crippen LogP) is 3.12. The molecule has 5 heteroatoms. The van der Waals surface area contributed by atoms with Gasteiger partial charge in [-0.2, -0.15) is 0 Å². The van der Waals surface area contributed by atoms with Crippen molar-refractivity contribution in [3.05, 3.63) is 60.2 Å². The average Bonchev–Trinajstić information content (AvgIpc) is 2.56. The van der Waals surface area contributed by atoms with E-state index in [1.165, 1.54) is 0 Å². The van der Waals surface area contributed by atoms with Gasteiger partial charge in [-0.25, -0.2) is 8.42 Å². The minimum absolute atomic E-state index is 0.179. The van der Waals surface area contributed by atoms with Crippen LogP contribution in [0.5, 0.6) is 0 Å². The standard InChI is InChI=1S/C19H26N2O2S/c1-5-20-15(2)19(21(3)4)16-11-13-18(14-12-16)24(22,23)17-9-7-6-8-10-17/h6-15,19-20H,5H2,1-4H3/t15-,19+/m1/s1. The number of nitrogens with zero attached hydrogens (tertiary/aromatic N) is 1. The van der Waals surface area contributed by atoms with E-state index >= 15 is 0 Å². The largest absolute Gasteiger partial charge is 0.313 e. The van der Waals surface area contributed by atoms with Crippen LogP contribution in [0.3, 0.4) is 0 Å². The monoisotopic (exact) mass is 346 g/mol. The van der Waals surface area contributed by atoms with Crippen LogP contribution in [0.1, 0.15) is 25.5 Å². The fourth-order valence-corrected chi connectivity index (χ4v) is 4.33. The molecule has 0 radical (unpaired) electrons. The maximum absolute atomic E-state index is 12.7. The predicted molar refractivity (Wildman–Crippen MR) is 97.9 cm³/mol. The summed E-state index contributed by atoms with van der Waals surface area (Å²) in [7, 11) is 0.608. The Hall–Kier alpha value is -1.69. The molecule has 2 aromatic rings. The second-order valence-electron chi connectivity index (χ2n) is 6.14. The minimum atomic E-state index is -3.46. The van der Waals surface area contributed by atoms with Crippen molar-refractivity contribution in [3.8, 4) is 0 Å². The summed E-state index contributed by atoms with van der Waals surface area (Å²) in [5.74, 6) is 0. The summed E-state index contributed by atoms with van der Waals surface area (Å²) in [4.78, 5) is 2.79. The molecule has 0 fully saturated rings. The third-order valence-electron chi connectivity index (χ3n) is 4.14. The van der Waals surface area contributed by atoms with Gasteiger partial charge in [-0.3, -0.25) is 0 Å². The number of sulfone groups is 1. The lowest BCUT2D eigenvalue weighted by atomic mass is 9.99. The second-order valence-corrected chi connectivity index (χ2v) is 8.09. The first-order chi connectivity index (χ1) is 11.4. The van der Waals surface area contributed by atoms with Gasteiger partial charge in [0.2, 0.25) is 9.84 Å². The van der Waals surface area contributed by atoms with E-state index in [-0.39, 0.29) is 12.1 Å². The van der Waals surface area contributed by atoms with Crippen molar-refractivity contribution in [1.29, 1.82) is 0 Å². The van der Waals surface area contributed by atoms with Gasteiger partial charge >= 0.3 is 0 Å². The molecule has 4 nitrogen and oxygen atoms in total. The molecule has 0 saturated carbocycles. The Labute approximate surface area is 145 Å². The molecule has 0 saturated heterocycles. The topological polar surface area (TPSA) is 49.4 Å². The van der Waals surface area contributed by atoms with Gasteiger partial charge in [0.15, 0.2) is 0 Å². The van der Waals surface area contributed by atoms with Crippen molar-refractivity contribution in [2.24, 2.45) is 0 Å². The summed E-state index contributed by atoms with van der Waals surface area (Å²) in [5, 5.41) is 3.44. The van der Waals surface area contributed by atoms with E-state index < -0.39 is 9.84 Å². The molecule has 1 N–H and O–H groups in total. The van der Waals surface area contributed by atoms with Gasteiger partial charge in [-0.1, -0.05) is 37.3 Å². The highest BCUT2D eigenvalue weighted by molar-refractivity contribution is 7.91. The van der Waals surface area contributed by atoms with Crippen LogP contribution in [0.15, 0.2) is 64.4 Å². The number of rotatable bonds is 7. The molecule has 0 aliphatic heterocycles. The highest BCUT2D eigenvalue weighted by Crippen LogP contribution is 2.26. The fourth-order valence-electron chi connectivity index (χ4n) is 3.05. The summed E-state index contributed by atoms with van der Waals surface area (Å²) in [6.07, 6.45) is 0. The Balaban J connectivity index is 2.33. The van der Waals surface area contributed by atoms with Gasteiger partial charge in [0, 0.05) is 12.1 Å². The third-order valence-corrected chi connectivity index (χ3v) is 5.93. The molecule has 0 unspecified atom stereocenters. The lowest BCUT2D eigenvalue weighted by Gasteiger charge is -2.31. The molecule has 2 aromatic carbocycles. The Morgan fingerprint density at radius 3 is 2.00 bits per heavy atom. The molecule has 0 heterocycles. The van der Waals surface area contributed by atoms with Gasteiger partial charge in [0.1, 0.15) is 0 Å². The van der Waals surface area contributed by atoms with Crippen LogP contribution in [-0.4, -0.2) is 40.0 Å². The molecular formula is C19H26N2O2S. The molecule has 0 aliphatic rings. The number of hydrogen-bond donors (Lipinski definition) is 1. The molecular weight excluding hydrogens is 320 g/mol. The third kappa shape index (κ3) is 4.04. The zero-order valence-corrected chi connectivity index (χ0v) is 15.5. The molecule has 0 amide bonds. The average molecular weight is 346 g/mol. The van der Waals surface area contributed by atoms with Crippen LogP contribution in [0.25, 0.3) is 0 Å². The van der Waals surface area contributed by atoms with E-state index in [1.807, 2.05) is 32.3 Å². The first-order valence-electron chi connectivity index (χ1n) is 8.17. The van der Waals surface area contributed by atoms with E-state index in [0.29, 0.717) is 9.79 Å². The summed E-state index contributed by atoms with van der Waals surface area (Å²) in [6.45, 7) is 5.12. The van der Waals surface area contributed by atoms with Crippen molar-refractivity contribution in [2.45, 2.75) is 35.7 Å². The van der Waals surface area contributed by atoms with Crippen LogP contribution in [-0.2, 0) is 9.84 Å². The van der Waals surface area contributed by atoms with Crippen LogP contribution >= 0.6 is 0 Å². The first kappa shape index (κ1) is 18.6. The summed E-state index contributed by atoms with van der Waals surface area (Å²) in [6, 6.07) is 16.2. The van der Waals surface area contributed by atoms with Crippen molar-refractivity contribution in [3.63, 3.8) is 0 Å². The quantitative estimate of drug-likeness (QED) is 0.837. The van der Waals surface area contributed by atoms with Crippen molar-refractivity contribution >= 4 is 9.84 Å². The van der Waals surface area contributed by atoms with E-state index in [9.17, 15) is 8.42 Å². The van der Waals surface area contributed by atoms with E-state index in [4.69, 9.17) is 0 Å². The van der Waals surface area contributed by atoms with Gasteiger partial charge < -0.3 is 10.2 Å². The lowest BCUT2D eigenvalue weighted by Crippen LogP contribution is -2.39. The van der Waals surface area contributed by atoms with Crippen LogP contribution in [0, 0.1) is 0 Å². The molecule has 2 atom stereocenters. The minimum Gasteiger partial charge on any atom is -0.313 e. The maximum Gasteiger partial charge on any atom is 0.206 e. The number of hydrogen-bond acceptors (Lipinski definition) is 4. The molecule has 0 bridgehead atoms. The second kappa shape index (κ2) is 7.92. The lowest BCUT2D eigenvalue weighted by molar-refractivity contribution is 0.242. The number of nitrogens with one attached hydrogen (secondary N) is 1. The molecule has 2 rings (SSSR count). The number of likely N-dealkylation sites (N-methyl/N-ethyl adjacent to an activating group) is 2. The van der Waals surface area contributed by atoms with Crippen LogP contribution in [0.2, 0.25) is 0 Å². The summed E-state index contributed by atoms with van der Waals surface area (Å²) in [5.41, 5.74) is 1.10. The highest BCUT2D eigenvalue weighted by Gasteiger charge is 2.22. The van der Waals surface area contributed by atoms with Gasteiger partial charge in [0.05, 0.1) is 9.79 Å². The highest BCUT2D eigenvalue weighted by atomic mass is 32.2. The maximum atomic E-state index is 12.7. The van der Waals surface area contributed by atoms with E-state index in [0.717, 1.165) is 12.1 Å². The molecule has 130 valence electrons. The zero-order chi connectivity index (χ0) is 17.7.